The lowest BCUT2D eigenvalue weighted by Crippen LogP contribution is -2.13. The average molecular weight is 309 g/mol. The second-order valence-corrected chi connectivity index (χ2v) is 6.32. The van der Waals surface area contributed by atoms with Gasteiger partial charge in [-0.1, -0.05) is 20.8 Å². The number of hydrogen-bond acceptors (Lipinski definition) is 5. The molecule has 1 aromatic rings. The summed E-state index contributed by atoms with van der Waals surface area (Å²) in [6.45, 7) is 6.48. The lowest BCUT2D eigenvalue weighted by molar-refractivity contribution is -0.385. The van der Waals surface area contributed by atoms with Gasteiger partial charge in [0.2, 0.25) is 5.75 Å². The molecule has 0 aliphatic rings. The molecule has 0 radical (unpaired) electrons. The fourth-order valence-electron chi connectivity index (χ4n) is 2.04. The lowest BCUT2D eigenvalue weighted by Gasteiger charge is -2.16. The van der Waals surface area contributed by atoms with Gasteiger partial charge in [-0.25, -0.2) is 0 Å². The van der Waals surface area contributed by atoms with Crippen LogP contribution in [0.4, 0.5) is 5.69 Å². The topological polar surface area (TPSA) is 78.7 Å². The second-order valence-electron chi connectivity index (χ2n) is 6.32. The maximum absolute atomic E-state index is 11.7. The summed E-state index contributed by atoms with van der Waals surface area (Å²) in [4.78, 5) is 22.0. The van der Waals surface area contributed by atoms with E-state index in [2.05, 4.69) is 0 Å². The van der Waals surface area contributed by atoms with E-state index in [1.165, 1.54) is 25.3 Å². The fourth-order valence-corrected chi connectivity index (χ4v) is 2.04. The minimum Gasteiger partial charge on any atom is -0.493 e. The zero-order valence-electron chi connectivity index (χ0n) is 13.5. The Morgan fingerprint density at radius 1 is 1.32 bits per heavy atom. The summed E-state index contributed by atoms with van der Waals surface area (Å²) >= 11 is 0. The molecule has 0 amide bonds. The molecule has 0 bridgehead atoms. The van der Waals surface area contributed by atoms with Crippen molar-refractivity contribution >= 4 is 11.5 Å². The largest absolute Gasteiger partial charge is 0.493 e. The van der Waals surface area contributed by atoms with Crippen LogP contribution in [-0.2, 0) is 4.79 Å². The van der Waals surface area contributed by atoms with Gasteiger partial charge >= 0.3 is 5.69 Å². The van der Waals surface area contributed by atoms with E-state index < -0.39 is 4.92 Å². The third-order valence-electron chi connectivity index (χ3n) is 2.94. The molecule has 122 valence electrons. The number of nitro groups is 1. The van der Waals surface area contributed by atoms with Crippen LogP contribution in [0.5, 0.6) is 11.5 Å². The second kappa shape index (κ2) is 7.77. The van der Waals surface area contributed by atoms with E-state index in [0.29, 0.717) is 31.6 Å². The Morgan fingerprint density at radius 2 is 2.00 bits per heavy atom. The number of ketones is 1. The Kier molecular flexibility index (Phi) is 6.34. The molecule has 0 fully saturated rings. The van der Waals surface area contributed by atoms with Crippen molar-refractivity contribution in [1.82, 2.24) is 0 Å². The van der Waals surface area contributed by atoms with E-state index >= 15 is 0 Å². The third kappa shape index (κ3) is 6.11. The highest BCUT2D eigenvalue weighted by atomic mass is 16.6. The summed E-state index contributed by atoms with van der Waals surface area (Å²) in [6.07, 6.45) is 1.65. The molecule has 6 nitrogen and oxygen atoms in total. The third-order valence-corrected chi connectivity index (χ3v) is 2.94. The van der Waals surface area contributed by atoms with Gasteiger partial charge in [0.25, 0.3) is 0 Å². The highest BCUT2D eigenvalue weighted by molar-refractivity contribution is 5.78. The number of rotatable bonds is 8. The number of ether oxygens (including phenoxy) is 2. The smallest absolute Gasteiger partial charge is 0.311 e. The molecule has 0 heterocycles. The predicted octanol–water partition coefficient (Wildman–Crippen LogP) is 3.77. The molecule has 0 spiro atoms. The van der Waals surface area contributed by atoms with Gasteiger partial charge in [0.05, 0.1) is 18.6 Å². The van der Waals surface area contributed by atoms with Crippen molar-refractivity contribution in [2.45, 2.75) is 40.0 Å². The van der Waals surface area contributed by atoms with E-state index in [1.807, 2.05) is 20.8 Å². The molecule has 0 N–H and O–H groups in total. The van der Waals surface area contributed by atoms with Crippen LogP contribution in [0.15, 0.2) is 18.2 Å². The summed E-state index contributed by atoms with van der Waals surface area (Å²) in [5.41, 5.74) is -0.0980. The first-order chi connectivity index (χ1) is 10.2. The highest BCUT2D eigenvalue weighted by Crippen LogP contribution is 2.30. The number of hydrogen-bond donors (Lipinski definition) is 0. The molecule has 6 heteroatoms. The van der Waals surface area contributed by atoms with Crippen LogP contribution >= 0.6 is 0 Å². The molecule has 0 aliphatic heterocycles. The van der Waals surface area contributed by atoms with Gasteiger partial charge in [-0.2, -0.15) is 0 Å². The molecule has 0 aromatic heterocycles. The van der Waals surface area contributed by atoms with Crippen LogP contribution in [0.2, 0.25) is 0 Å². The van der Waals surface area contributed by atoms with E-state index in [1.54, 1.807) is 0 Å². The van der Waals surface area contributed by atoms with Crippen molar-refractivity contribution < 1.29 is 19.2 Å². The molecule has 0 atom stereocenters. The van der Waals surface area contributed by atoms with Crippen molar-refractivity contribution in [2.24, 2.45) is 5.41 Å². The first-order valence-electron chi connectivity index (χ1n) is 7.20. The summed E-state index contributed by atoms with van der Waals surface area (Å²) in [6, 6.07) is 4.35. The van der Waals surface area contributed by atoms with Crippen LogP contribution in [0.1, 0.15) is 40.0 Å². The zero-order chi connectivity index (χ0) is 16.8. The number of methoxy groups -OCH3 is 1. The van der Waals surface area contributed by atoms with E-state index in [4.69, 9.17) is 9.47 Å². The van der Waals surface area contributed by atoms with Crippen LogP contribution in [-0.4, -0.2) is 24.4 Å². The first-order valence-corrected chi connectivity index (χ1v) is 7.20. The maximum atomic E-state index is 11.7. The van der Waals surface area contributed by atoms with Gasteiger partial charge in [-0.15, -0.1) is 0 Å². The summed E-state index contributed by atoms with van der Waals surface area (Å²) in [5.74, 6) is 0.870. The van der Waals surface area contributed by atoms with Gasteiger partial charge in [0.15, 0.2) is 0 Å². The van der Waals surface area contributed by atoms with Crippen LogP contribution in [0.3, 0.4) is 0 Å². The fraction of sp³-hybridized carbons (Fsp3) is 0.562. The number of carbonyl (C=O) groups is 1. The van der Waals surface area contributed by atoms with E-state index in [-0.39, 0.29) is 22.6 Å². The number of benzene rings is 1. The normalized spacial score (nSPS) is 11.1. The molecule has 0 saturated carbocycles. The van der Waals surface area contributed by atoms with Crippen molar-refractivity contribution in [1.29, 1.82) is 0 Å². The number of carbonyl (C=O) groups excluding carboxylic acids is 1. The van der Waals surface area contributed by atoms with Gasteiger partial charge in [0.1, 0.15) is 11.5 Å². The van der Waals surface area contributed by atoms with E-state index in [9.17, 15) is 14.9 Å². The Hall–Kier alpha value is -2.11. The number of Topliss-reactive ketones (excluding diaryl/α,β-unsaturated/α-hetero) is 1. The minimum absolute atomic E-state index is 0.00364. The molecular formula is C16H23NO5. The molecular weight excluding hydrogens is 286 g/mol. The molecule has 22 heavy (non-hydrogen) atoms. The molecule has 1 aromatic carbocycles. The van der Waals surface area contributed by atoms with Crippen molar-refractivity contribution in [3.63, 3.8) is 0 Å². The molecule has 1 rings (SSSR count). The number of nitro benzene ring substituents is 1. The van der Waals surface area contributed by atoms with E-state index in [0.717, 1.165) is 0 Å². The standard InChI is InChI=1S/C16H23NO5/c1-16(2,3)11-12(18)6-5-9-22-13-7-8-14(17(19)20)15(10-13)21-4/h7-8,10H,5-6,9,11H2,1-4H3. The lowest BCUT2D eigenvalue weighted by atomic mass is 9.89. The zero-order valence-corrected chi connectivity index (χ0v) is 13.5. The van der Waals surface area contributed by atoms with Crippen molar-refractivity contribution in [3.05, 3.63) is 28.3 Å². The van der Waals surface area contributed by atoms with Gasteiger partial charge in [-0.05, 0) is 17.9 Å². The Labute approximate surface area is 130 Å². The SMILES string of the molecule is COc1cc(OCCCC(=O)CC(C)(C)C)ccc1[N+](=O)[O-]. The summed E-state index contributed by atoms with van der Waals surface area (Å²) < 4.78 is 10.5. The molecule has 0 saturated heterocycles. The van der Waals surface area contributed by atoms with Crippen LogP contribution in [0.25, 0.3) is 0 Å². The highest BCUT2D eigenvalue weighted by Gasteiger charge is 2.16. The van der Waals surface area contributed by atoms with Gasteiger partial charge < -0.3 is 9.47 Å². The molecule has 0 unspecified atom stereocenters. The minimum atomic E-state index is -0.506. The maximum Gasteiger partial charge on any atom is 0.311 e. The average Bonchev–Trinajstić information content (AvgIpc) is 2.41. The predicted molar refractivity (Wildman–Crippen MR) is 83.5 cm³/mol. The summed E-state index contributed by atoms with van der Waals surface area (Å²) in [5, 5.41) is 10.8. The van der Waals surface area contributed by atoms with Crippen LogP contribution in [0, 0.1) is 15.5 Å². The quantitative estimate of drug-likeness (QED) is 0.415. The van der Waals surface area contributed by atoms with Gasteiger partial charge in [-0.3, -0.25) is 14.9 Å². The first kappa shape index (κ1) is 17.9. The Morgan fingerprint density at radius 3 is 2.55 bits per heavy atom. The number of nitrogens with zero attached hydrogens (tertiary/aromatic N) is 1. The summed E-state index contributed by atoms with van der Waals surface area (Å²) in [7, 11) is 1.37. The van der Waals surface area contributed by atoms with Crippen LogP contribution < -0.4 is 9.47 Å². The van der Waals surface area contributed by atoms with Crippen molar-refractivity contribution in [2.75, 3.05) is 13.7 Å². The monoisotopic (exact) mass is 309 g/mol. The molecule has 0 aliphatic carbocycles. The van der Waals surface area contributed by atoms with Crippen molar-refractivity contribution in [3.8, 4) is 11.5 Å². The Balaban J connectivity index is 2.46. The van der Waals surface area contributed by atoms with Gasteiger partial charge in [0, 0.05) is 25.0 Å². The Bertz CT molecular complexity index is 534.